The molecule has 0 saturated carbocycles. The van der Waals surface area contributed by atoms with Crippen LogP contribution in [0.1, 0.15) is 0 Å². The predicted octanol–water partition coefficient (Wildman–Crippen LogP) is 14.0. The molecule has 0 saturated heterocycles. The molecule has 54 heavy (non-hydrogen) atoms. The normalized spacial score (nSPS) is 12.4. The predicted molar refractivity (Wildman–Crippen MR) is 229 cm³/mol. The van der Waals surface area contributed by atoms with Gasteiger partial charge in [-0.2, -0.15) is 0 Å². The molecule has 3 nitrogen and oxygen atoms in total. The lowest BCUT2D eigenvalue weighted by Crippen LogP contribution is -2.13. The van der Waals surface area contributed by atoms with E-state index in [1.807, 2.05) is 18.0 Å². The van der Waals surface area contributed by atoms with E-state index in [2.05, 4.69) is 203 Å². The molecule has 0 amide bonds. The van der Waals surface area contributed by atoms with Gasteiger partial charge in [-0.1, -0.05) is 115 Å². The monoisotopic (exact) mass is 707 g/mol. The number of rotatable bonds is 5. The van der Waals surface area contributed by atoms with Crippen LogP contribution in [-0.2, 0) is 0 Å². The summed E-state index contributed by atoms with van der Waals surface area (Å²) in [6.45, 7) is 4.27. The van der Waals surface area contributed by atoms with Crippen LogP contribution >= 0.6 is 11.8 Å². The van der Waals surface area contributed by atoms with Gasteiger partial charge in [0.25, 0.3) is 0 Å². The first-order chi connectivity index (χ1) is 26.7. The Hall–Kier alpha value is -6.75. The number of nitrogens with zero attached hydrogens (tertiary/aromatic N) is 3. The number of anilines is 2. The van der Waals surface area contributed by atoms with Gasteiger partial charge in [0.1, 0.15) is 0 Å². The summed E-state index contributed by atoms with van der Waals surface area (Å²) in [5.41, 5.74) is 14.2. The van der Waals surface area contributed by atoms with Crippen molar-refractivity contribution in [2.45, 2.75) is 9.79 Å². The third-order valence-corrected chi connectivity index (χ3v) is 12.0. The molecule has 8 aromatic carbocycles. The van der Waals surface area contributed by atoms with Gasteiger partial charge in [-0.05, 0) is 107 Å². The van der Waals surface area contributed by atoms with Crippen LogP contribution in [0.15, 0.2) is 205 Å². The van der Waals surface area contributed by atoms with Gasteiger partial charge in [-0.3, -0.25) is 0 Å². The number of hydrogen-bond acceptors (Lipinski definition) is 2. The van der Waals surface area contributed by atoms with Gasteiger partial charge in [0.2, 0.25) is 0 Å². The molecule has 0 bridgehead atoms. The maximum Gasteiger partial charge on any atom is 0.0601 e. The second-order valence-corrected chi connectivity index (χ2v) is 14.9. The van der Waals surface area contributed by atoms with Crippen LogP contribution in [0.4, 0.5) is 11.4 Å². The van der Waals surface area contributed by atoms with Crippen molar-refractivity contribution in [2.24, 2.45) is 0 Å². The average Bonchev–Trinajstić information content (AvgIpc) is 3.75. The van der Waals surface area contributed by atoms with Crippen LogP contribution < -0.4 is 4.90 Å². The molecule has 0 unspecified atom stereocenters. The fraction of sp³-hybridized carbons (Fsp3) is 0. The van der Waals surface area contributed by atoms with E-state index in [1.165, 1.54) is 75.7 Å². The molecular formula is C50H33N3S. The SMILES string of the molecule is C=CN1c2ccccc2Sc2cc(-c3ccc4c(c3)c3ccccc3n4-c3ccccc3)c(-c3ccc4c(c3)c3ccccc3n4-c3ccccc3)cc21. The Balaban J connectivity index is 1.18. The van der Waals surface area contributed by atoms with E-state index in [0.717, 1.165) is 22.7 Å². The summed E-state index contributed by atoms with van der Waals surface area (Å²) in [5.74, 6) is 0. The van der Waals surface area contributed by atoms with E-state index in [9.17, 15) is 0 Å². The van der Waals surface area contributed by atoms with Crippen LogP contribution in [0, 0.1) is 0 Å². The Morgan fingerprint density at radius 3 is 1.44 bits per heavy atom. The first kappa shape index (κ1) is 30.8. The molecule has 0 fully saturated rings. The fourth-order valence-electron chi connectivity index (χ4n) is 8.49. The van der Waals surface area contributed by atoms with E-state index in [-0.39, 0.29) is 0 Å². The standard InChI is InChI=1S/C50H33N3S/c1-2-51-47-23-13-14-24-49(47)54-50-32-40(34-26-28-46-42(30-34)38-20-10-12-22-44(38)53(46)36-17-7-4-8-18-36)39(31-48(50)51)33-25-27-45-41(29-33)37-19-9-11-21-43(37)52(45)35-15-5-3-6-16-35/h2-32H,1H2. The van der Waals surface area contributed by atoms with Crippen molar-refractivity contribution in [1.29, 1.82) is 0 Å². The van der Waals surface area contributed by atoms with Gasteiger partial charge in [-0.25, -0.2) is 0 Å². The molecule has 0 aliphatic carbocycles. The van der Waals surface area contributed by atoms with E-state index in [0.29, 0.717) is 0 Å². The Labute approximate surface area is 317 Å². The third-order valence-electron chi connectivity index (χ3n) is 10.9. The molecule has 1 aliphatic rings. The summed E-state index contributed by atoms with van der Waals surface area (Å²) in [7, 11) is 0. The summed E-state index contributed by atoms with van der Waals surface area (Å²) in [6.07, 6.45) is 1.95. The Bertz CT molecular complexity index is 3100. The van der Waals surface area contributed by atoms with Gasteiger partial charge < -0.3 is 14.0 Å². The zero-order chi connectivity index (χ0) is 35.8. The molecule has 1 aliphatic heterocycles. The smallest absolute Gasteiger partial charge is 0.0601 e. The van der Waals surface area contributed by atoms with Crippen molar-refractivity contribution in [2.75, 3.05) is 4.90 Å². The first-order valence-corrected chi connectivity index (χ1v) is 19.1. The summed E-state index contributed by atoms with van der Waals surface area (Å²) in [5, 5.41) is 4.96. The van der Waals surface area contributed by atoms with Gasteiger partial charge >= 0.3 is 0 Å². The highest BCUT2D eigenvalue weighted by molar-refractivity contribution is 7.99. The Morgan fingerprint density at radius 1 is 0.389 bits per heavy atom. The number of benzene rings is 8. The molecule has 0 N–H and O–H groups in total. The minimum absolute atomic E-state index is 1.14. The van der Waals surface area contributed by atoms with E-state index in [1.54, 1.807) is 0 Å². The quantitative estimate of drug-likeness (QED) is 0.177. The zero-order valence-corrected chi connectivity index (χ0v) is 30.2. The van der Waals surface area contributed by atoms with Crippen molar-refractivity contribution >= 4 is 66.7 Å². The summed E-state index contributed by atoms with van der Waals surface area (Å²) >= 11 is 1.83. The molecule has 10 aromatic rings. The van der Waals surface area contributed by atoms with E-state index >= 15 is 0 Å². The average molecular weight is 708 g/mol. The topological polar surface area (TPSA) is 13.1 Å². The van der Waals surface area contributed by atoms with E-state index in [4.69, 9.17) is 0 Å². The maximum absolute atomic E-state index is 4.27. The lowest BCUT2D eigenvalue weighted by molar-refractivity contribution is 1.17. The number of hydrogen-bond donors (Lipinski definition) is 0. The van der Waals surface area contributed by atoms with Crippen LogP contribution in [0.2, 0.25) is 0 Å². The van der Waals surface area contributed by atoms with Crippen LogP contribution in [0.3, 0.4) is 0 Å². The Morgan fingerprint density at radius 2 is 0.870 bits per heavy atom. The molecular weight excluding hydrogens is 675 g/mol. The molecule has 0 radical (unpaired) electrons. The summed E-state index contributed by atoms with van der Waals surface area (Å²) in [4.78, 5) is 4.67. The second kappa shape index (κ2) is 12.2. The molecule has 3 heterocycles. The zero-order valence-electron chi connectivity index (χ0n) is 29.4. The summed E-state index contributed by atoms with van der Waals surface area (Å²) in [6, 6.07) is 66.2. The van der Waals surface area contributed by atoms with Crippen molar-refractivity contribution in [1.82, 2.24) is 9.13 Å². The van der Waals surface area contributed by atoms with Crippen LogP contribution in [0.25, 0.3) is 77.2 Å². The largest absolute Gasteiger partial charge is 0.315 e. The third kappa shape index (κ3) is 4.64. The highest BCUT2D eigenvalue weighted by Gasteiger charge is 2.25. The number of fused-ring (bicyclic) bond motifs is 8. The first-order valence-electron chi connectivity index (χ1n) is 18.3. The fourth-order valence-corrected chi connectivity index (χ4v) is 9.59. The molecule has 4 heteroatoms. The molecule has 2 aromatic heterocycles. The lowest BCUT2D eigenvalue weighted by Gasteiger charge is -2.31. The number of para-hydroxylation sites is 5. The molecule has 11 rings (SSSR count). The van der Waals surface area contributed by atoms with Crippen molar-refractivity contribution in [3.05, 3.63) is 195 Å². The van der Waals surface area contributed by atoms with Crippen LogP contribution in [-0.4, -0.2) is 9.13 Å². The molecule has 0 atom stereocenters. The van der Waals surface area contributed by atoms with Gasteiger partial charge in [0.15, 0.2) is 0 Å². The maximum atomic E-state index is 4.27. The van der Waals surface area contributed by atoms with E-state index < -0.39 is 0 Å². The Kier molecular flexibility index (Phi) is 6.94. The summed E-state index contributed by atoms with van der Waals surface area (Å²) < 4.78 is 4.76. The van der Waals surface area contributed by atoms with Gasteiger partial charge in [-0.15, -0.1) is 0 Å². The van der Waals surface area contributed by atoms with Crippen molar-refractivity contribution in [3.63, 3.8) is 0 Å². The van der Waals surface area contributed by atoms with Gasteiger partial charge in [0, 0.05) is 48.9 Å². The second-order valence-electron chi connectivity index (χ2n) is 13.8. The minimum atomic E-state index is 1.14. The lowest BCUT2D eigenvalue weighted by atomic mass is 9.92. The highest BCUT2D eigenvalue weighted by atomic mass is 32.2. The van der Waals surface area contributed by atoms with Crippen LogP contribution in [0.5, 0.6) is 0 Å². The highest BCUT2D eigenvalue weighted by Crippen LogP contribution is 2.52. The minimum Gasteiger partial charge on any atom is -0.315 e. The number of aromatic nitrogens is 2. The molecule has 254 valence electrons. The molecule has 0 spiro atoms. The van der Waals surface area contributed by atoms with Gasteiger partial charge in [0.05, 0.1) is 33.4 Å². The van der Waals surface area contributed by atoms with Crippen molar-refractivity contribution < 1.29 is 0 Å². The van der Waals surface area contributed by atoms with Crippen molar-refractivity contribution in [3.8, 4) is 33.6 Å².